The lowest BCUT2D eigenvalue weighted by atomic mass is 10.1. The maximum Gasteiger partial charge on any atom is 0.148 e. The second-order valence-electron chi connectivity index (χ2n) is 5.29. The number of hydrogen-bond donors (Lipinski definition) is 0. The molecule has 0 aliphatic heterocycles. The van der Waals surface area contributed by atoms with E-state index in [1.807, 2.05) is 39.0 Å². The highest BCUT2D eigenvalue weighted by atomic mass is 79.9. The summed E-state index contributed by atoms with van der Waals surface area (Å²) in [6.07, 6.45) is 2.56. The highest BCUT2D eigenvalue weighted by Gasteiger charge is 2.19. The van der Waals surface area contributed by atoms with Gasteiger partial charge in [0, 0.05) is 26.7 Å². The van der Waals surface area contributed by atoms with Gasteiger partial charge >= 0.3 is 0 Å². The zero-order valence-corrected chi connectivity index (χ0v) is 13.2. The molecule has 4 heteroatoms. The van der Waals surface area contributed by atoms with Crippen molar-refractivity contribution >= 4 is 37.7 Å². The number of hydrogen-bond acceptors (Lipinski definition) is 2. The van der Waals surface area contributed by atoms with Crippen LogP contribution in [0.4, 0.5) is 0 Å². The van der Waals surface area contributed by atoms with Crippen molar-refractivity contribution in [2.75, 3.05) is 5.75 Å². The summed E-state index contributed by atoms with van der Waals surface area (Å²) >= 11 is 3.47. The number of halogens is 1. The van der Waals surface area contributed by atoms with Crippen molar-refractivity contribution in [1.82, 2.24) is 0 Å². The summed E-state index contributed by atoms with van der Waals surface area (Å²) in [6.45, 7) is 6.02. The molecule has 2 rings (SSSR count). The SMILES string of the molecule is CC(C)(C)[S@@](=O)CCc1coc2c(Br)cccc12. The fourth-order valence-electron chi connectivity index (χ4n) is 1.78. The minimum absolute atomic E-state index is 0.153. The van der Waals surface area contributed by atoms with E-state index in [9.17, 15) is 4.21 Å². The van der Waals surface area contributed by atoms with Crippen LogP contribution in [0.3, 0.4) is 0 Å². The van der Waals surface area contributed by atoms with E-state index in [0.717, 1.165) is 27.4 Å². The van der Waals surface area contributed by atoms with E-state index in [4.69, 9.17) is 4.42 Å². The molecule has 98 valence electrons. The third-order valence-electron chi connectivity index (χ3n) is 2.87. The molecule has 2 nitrogen and oxygen atoms in total. The molecule has 0 unspecified atom stereocenters. The molecule has 0 radical (unpaired) electrons. The van der Waals surface area contributed by atoms with Crippen LogP contribution in [0.25, 0.3) is 11.0 Å². The highest BCUT2D eigenvalue weighted by molar-refractivity contribution is 9.10. The van der Waals surface area contributed by atoms with Gasteiger partial charge in [-0.2, -0.15) is 0 Å². The average Bonchev–Trinajstić information content (AvgIpc) is 2.69. The van der Waals surface area contributed by atoms with Gasteiger partial charge in [0.1, 0.15) is 5.58 Å². The van der Waals surface area contributed by atoms with E-state index in [1.165, 1.54) is 0 Å². The second kappa shape index (κ2) is 5.17. The van der Waals surface area contributed by atoms with Crippen LogP contribution in [0.15, 0.2) is 33.4 Å². The Morgan fingerprint density at radius 2 is 2.06 bits per heavy atom. The van der Waals surface area contributed by atoms with Crippen molar-refractivity contribution in [3.63, 3.8) is 0 Å². The molecular weight excluding hydrogens is 312 g/mol. The first-order valence-corrected chi connectivity index (χ1v) is 8.04. The number of fused-ring (bicyclic) bond motifs is 1. The van der Waals surface area contributed by atoms with Crippen LogP contribution in [0.1, 0.15) is 26.3 Å². The molecule has 0 bridgehead atoms. The lowest BCUT2D eigenvalue weighted by Gasteiger charge is -2.17. The molecule has 1 heterocycles. The second-order valence-corrected chi connectivity index (χ2v) is 8.47. The van der Waals surface area contributed by atoms with Crippen molar-refractivity contribution in [3.05, 3.63) is 34.5 Å². The van der Waals surface area contributed by atoms with Gasteiger partial charge in [-0.1, -0.05) is 12.1 Å². The normalized spacial score (nSPS) is 14.0. The van der Waals surface area contributed by atoms with Crippen LogP contribution in [0.2, 0.25) is 0 Å². The fourth-order valence-corrected chi connectivity index (χ4v) is 3.25. The van der Waals surface area contributed by atoms with E-state index >= 15 is 0 Å². The summed E-state index contributed by atoms with van der Waals surface area (Å²) in [7, 11) is -0.824. The van der Waals surface area contributed by atoms with Gasteiger partial charge in [0.25, 0.3) is 0 Å². The molecule has 1 aromatic heterocycles. The molecule has 1 atom stereocenters. The molecular formula is C14H17BrO2S. The van der Waals surface area contributed by atoms with E-state index in [1.54, 1.807) is 6.26 Å². The summed E-state index contributed by atoms with van der Waals surface area (Å²) < 4.78 is 18.4. The molecule has 0 spiro atoms. The predicted octanol–water partition coefficient (Wildman–Crippen LogP) is 4.29. The summed E-state index contributed by atoms with van der Waals surface area (Å²) in [4.78, 5) is 0. The Morgan fingerprint density at radius 1 is 1.33 bits per heavy atom. The third-order valence-corrected chi connectivity index (χ3v) is 5.44. The first kappa shape index (κ1) is 13.8. The Bertz CT molecular complexity index is 581. The van der Waals surface area contributed by atoms with Crippen LogP contribution >= 0.6 is 15.9 Å². The summed E-state index contributed by atoms with van der Waals surface area (Å²) in [5.74, 6) is 0.671. The van der Waals surface area contributed by atoms with E-state index < -0.39 is 10.8 Å². The van der Waals surface area contributed by atoms with Gasteiger partial charge < -0.3 is 4.42 Å². The lowest BCUT2D eigenvalue weighted by Crippen LogP contribution is -2.24. The maximum absolute atomic E-state index is 12.0. The summed E-state index contributed by atoms with van der Waals surface area (Å²) in [6, 6.07) is 5.99. The number of aryl methyl sites for hydroxylation is 1. The monoisotopic (exact) mass is 328 g/mol. The van der Waals surface area contributed by atoms with Crippen molar-refractivity contribution < 1.29 is 8.63 Å². The van der Waals surface area contributed by atoms with Crippen LogP contribution in [0.5, 0.6) is 0 Å². The van der Waals surface area contributed by atoms with Gasteiger partial charge in [-0.25, -0.2) is 0 Å². The average molecular weight is 329 g/mol. The predicted molar refractivity (Wildman–Crippen MR) is 80.4 cm³/mol. The molecule has 0 amide bonds. The molecule has 1 aromatic carbocycles. The Hall–Kier alpha value is -0.610. The van der Waals surface area contributed by atoms with Crippen molar-refractivity contribution in [3.8, 4) is 0 Å². The molecule has 0 N–H and O–H groups in total. The Morgan fingerprint density at radius 3 is 2.72 bits per heavy atom. The zero-order chi connectivity index (χ0) is 13.3. The quantitative estimate of drug-likeness (QED) is 0.841. The highest BCUT2D eigenvalue weighted by Crippen LogP contribution is 2.28. The number of furan rings is 1. The van der Waals surface area contributed by atoms with Crippen LogP contribution in [-0.4, -0.2) is 14.7 Å². The van der Waals surface area contributed by atoms with E-state index in [-0.39, 0.29) is 4.75 Å². The minimum atomic E-state index is -0.824. The van der Waals surface area contributed by atoms with Gasteiger partial charge in [-0.15, -0.1) is 0 Å². The summed E-state index contributed by atoms with van der Waals surface area (Å²) in [5, 5.41) is 1.11. The van der Waals surface area contributed by atoms with Crippen molar-refractivity contribution in [2.45, 2.75) is 31.9 Å². The maximum atomic E-state index is 12.0. The largest absolute Gasteiger partial charge is 0.463 e. The van der Waals surface area contributed by atoms with Crippen molar-refractivity contribution in [2.24, 2.45) is 0 Å². The standard InChI is InChI=1S/C14H17BrO2S/c1-14(2,3)18(16)8-7-10-9-17-13-11(10)5-4-6-12(13)15/h4-6,9H,7-8H2,1-3H3/t18-/m0/s1. The summed E-state index contributed by atoms with van der Waals surface area (Å²) in [5.41, 5.74) is 2.00. The number of para-hydroxylation sites is 1. The Balaban J connectivity index is 2.19. The molecule has 2 aromatic rings. The molecule has 0 aliphatic rings. The van der Waals surface area contributed by atoms with E-state index in [2.05, 4.69) is 15.9 Å². The Labute approximate surface area is 118 Å². The van der Waals surface area contributed by atoms with Gasteiger partial charge in [0.2, 0.25) is 0 Å². The molecule has 18 heavy (non-hydrogen) atoms. The third kappa shape index (κ3) is 2.86. The van der Waals surface area contributed by atoms with E-state index in [0.29, 0.717) is 5.75 Å². The van der Waals surface area contributed by atoms with Gasteiger partial charge in [0.05, 0.1) is 10.7 Å². The molecule has 0 saturated carbocycles. The van der Waals surface area contributed by atoms with Gasteiger partial charge in [-0.3, -0.25) is 4.21 Å². The minimum Gasteiger partial charge on any atom is -0.463 e. The topological polar surface area (TPSA) is 30.2 Å². The van der Waals surface area contributed by atoms with Crippen LogP contribution in [-0.2, 0) is 17.2 Å². The van der Waals surface area contributed by atoms with Gasteiger partial charge in [-0.05, 0) is 54.8 Å². The smallest absolute Gasteiger partial charge is 0.148 e. The fraction of sp³-hybridized carbons (Fsp3) is 0.429. The lowest BCUT2D eigenvalue weighted by molar-refractivity contribution is 0.609. The molecule has 0 aliphatic carbocycles. The molecule has 0 fully saturated rings. The number of benzene rings is 1. The van der Waals surface area contributed by atoms with Crippen molar-refractivity contribution in [1.29, 1.82) is 0 Å². The Kier molecular flexibility index (Phi) is 3.97. The first-order chi connectivity index (χ1) is 8.39. The van der Waals surface area contributed by atoms with Crippen LogP contribution in [0, 0.1) is 0 Å². The van der Waals surface area contributed by atoms with Crippen LogP contribution < -0.4 is 0 Å². The zero-order valence-electron chi connectivity index (χ0n) is 10.8. The first-order valence-electron chi connectivity index (χ1n) is 5.92. The molecule has 0 saturated heterocycles. The van der Waals surface area contributed by atoms with Gasteiger partial charge in [0.15, 0.2) is 0 Å². The number of rotatable bonds is 3.